The van der Waals surface area contributed by atoms with E-state index in [2.05, 4.69) is 19.9 Å². The van der Waals surface area contributed by atoms with E-state index in [0.717, 1.165) is 44.9 Å². The van der Waals surface area contributed by atoms with Crippen molar-refractivity contribution in [2.45, 2.75) is 83.5 Å². The molecule has 0 aromatic heterocycles. The summed E-state index contributed by atoms with van der Waals surface area (Å²) in [6.07, 6.45) is 8.11. The van der Waals surface area contributed by atoms with Crippen LogP contribution in [0, 0.1) is 28.6 Å². The Kier molecular flexibility index (Phi) is 3.38. The average molecular weight is 320 g/mol. The van der Waals surface area contributed by atoms with Gasteiger partial charge in [-0.05, 0) is 80.5 Å². The van der Waals surface area contributed by atoms with Gasteiger partial charge in [0.05, 0.1) is 17.8 Å². The second-order valence-corrected chi connectivity index (χ2v) is 9.56. The molecule has 4 aliphatic rings. The van der Waals surface area contributed by atoms with Crippen LogP contribution in [0.2, 0.25) is 0 Å². The van der Waals surface area contributed by atoms with E-state index >= 15 is 0 Å². The predicted molar refractivity (Wildman–Crippen MR) is 89.7 cm³/mol. The van der Waals surface area contributed by atoms with Gasteiger partial charge in [0.1, 0.15) is 0 Å². The molecule has 0 unspecified atom stereocenters. The van der Waals surface area contributed by atoms with Crippen molar-refractivity contribution in [2.24, 2.45) is 28.6 Å². The molecule has 8 atom stereocenters. The summed E-state index contributed by atoms with van der Waals surface area (Å²) in [6.45, 7) is 6.62. The minimum atomic E-state index is -0.601. The largest absolute Gasteiger partial charge is 0.393 e. The molecule has 0 aliphatic heterocycles. The number of hydrogen-bond acceptors (Lipinski definition) is 3. The molecule has 130 valence electrons. The van der Waals surface area contributed by atoms with Crippen LogP contribution < -0.4 is 0 Å². The maximum atomic E-state index is 10.9. The molecule has 0 radical (unpaired) electrons. The molecule has 4 rings (SSSR count). The van der Waals surface area contributed by atoms with Crippen molar-refractivity contribution < 1.29 is 15.3 Å². The van der Waals surface area contributed by atoms with Crippen molar-refractivity contribution in [2.75, 3.05) is 0 Å². The maximum absolute atomic E-state index is 10.9. The minimum Gasteiger partial charge on any atom is -0.393 e. The summed E-state index contributed by atoms with van der Waals surface area (Å²) in [6, 6.07) is 0. The molecule has 0 saturated heterocycles. The number of fused-ring (bicyclic) bond motifs is 5. The lowest BCUT2D eigenvalue weighted by Crippen LogP contribution is -2.57. The third-order valence-electron chi connectivity index (χ3n) is 8.67. The molecule has 0 amide bonds. The molecule has 23 heavy (non-hydrogen) atoms. The van der Waals surface area contributed by atoms with Crippen LogP contribution in [0.15, 0.2) is 11.6 Å². The molecule has 0 aromatic rings. The van der Waals surface area contributed by atoms with Crippen molar-refractivity contribution >= 4 is 0 Å². The van der Waals surface area contributed by atoms with Crippen molar-refractivity contribution in [3.05, 3.63) is 11.6 Å². The number of aliphatic hydroxyl groups is 3. The zero-order valence-electron chi connectivity index (χ0n) is 14.8. The Balaban J connectivity index is 1.74. The Morgan fingerprint density at radius 2 is 1.65 bits per heavy atom. The van der Waals surface area contributed by atoms with E-state index in [4.69, 9.17) is 0 Å². The van der Waals surface area contributed by atoms with E-state index in [1.165, 1.54) is 5.57 Å². The monoisotopic (exact) mass is 320 g/mol. The first-order valence-corrected chi connectivity index (χ1v) is 9.49. The summed E-state index contributed by atoms with van der Waals surface area (Å²) in [5.74, 6) is 1.18. The fourth-order valence-corrected chi connectivity index (χ4v) is 6.87. The second kappa shape index (κ2) is 4.83. The van der Waals surface area contributed by atoms with Gasteiger partial charge >= 0.3 is 0 Å². The van der Waals surface area contributed by atoms with Crippen LogP contribution in [-0.2, 0) is 0 Å². The Bertz CT molecular complexity index is 539. The van der Waals surface area contributed by atoms with Gasteiger partial charge in [0.15, 0.2) is 0 Å². The normalized spacial score (nSPS) is 58.9. The lowest BCUT2D eigenvalue weighted by molar-refractivity contribution is -0.136. The van der Waals surface area contributed by atoms with Crippen LogP contribution in [0.5, 0.6) is 0 Å². The average Bonchev–Trinajstić information content (AvgIpc) is 2.72. The topological polar surface area (TPSA) is 60.7 Å². The molecular formula is C20H32O3. The van der Waals surface area contributed by atoms with Crippen LogP contribution >= 0.6 is 0 Å². The lowest BCUT2D eigenvalue weighted by Gasteiger charge is -2.59. The summed E-state index contributed by atoms with van der Waals surface area (Å²) in [4.78, 5) is 0. The van der Waals surface area contributed by atoms with E-state index in [0.29, 0.717) is 11.8 Å². The van der Waals surface area contributed by atoms with Crippen LogP contribution in [-0.4, -0.2) is 33.1 Å². The number of rotatable bonds is 0. The van der Waals surface area contributed by atoms with Crippen molar-refractivity contribution in [3.63, 3.8) is 0 Å². The van der Waals surface area contributed by atoms with Gasteiger partial charge in [0.2, 0.25) is 0 Å². The standard InChI is InChI=1S/C20H32O3/c1-18-7-4-13(21)10-12(18)11-16(22)17-14(18)5-8-19(2)15(17)6-9-20(19,3)23/h11,13-17,21-23H,4-10H2,1-3H3/t13-,14-,15-,16+,17+,18-,19-,20-/m0/s1. The summed E-state index contributed by atoms with van der Waals surface area (Å²) >= 11 is 0. The van der Waals surface area contributed by atoms with E-state index in [1.54, 1.807) is 0 Å². The molecule has 3 nitrogen and oxygen atoms in total. The Labute approximate surface area is 139 Å². The molecule has 3 saturated carbocycles. The van der Waals surface area contributed by atoms with Gasteiger partial charge in [0.25, 0.3) is 0 Å². The van der Waals surface area contributed by atoms with E-state index < -0.39 is 11.7 Å². The molecule has 0 aromatic carbocycles. The van der Waals surface area contributed by atoms with E-state index in [1.807, 2.05) is 6.92 Å². The molecule has 3 heteroatoms. The van der Waals surface area contributed by atoms with Crippen LogP contribution in [0.1, 0.15) is 65.7 Å². The van der Waals surface area contributed by atoms with Crippen LogP contribution in [0.25, 0.3) is 0 Å². The highest BCUT2D eigenvalue weighted by molar-refractivity contribution is 5.28. The molecule has 3 fully saturated rings. The third kappa shape index (κ3) is 1.99. The van der Waals surface area contributed by atoms with Gasteiger partial charge in [-0.15, -0.1) is 0 Å². The first-order valence-electron chi connectivity index (χ1n) is 9.49. The number of aliphatic hydroxyl groups excluding tert-OH is 2. The molecule has 3 N–H and O–H groups in total. The summed E-state index contributed by atoms with van der Waals surface area (Å²) < 4.78 is 0. The fraction of sp³-hybridized carbons (Fsp3) is 0.900. The molecular weight excluding hydrogens is 288 g/mol. The SMILES string of the molecule is C[C@]12CC[C@H](O)CC1=C[C@@H](O)[C@@H]1[C@@H]2CC[C@@]2(C)[C@H]1CC[C@]2(C)O. The zero-order valence-corrected chi connectivity index (χ0v) is 14.8. The zero-order chi connectivity index (χ0) is 16.6. The molecule has 0 spiro atoms. The third-order valence-corrected chi connectivity index (χ3v) is 8.67. The second-order valence-electron chi connectivity index (χ2n) is 9.56. The summed E-state index contributed by atoms with van der Waals surface area (Å²) in [5.41, 5.74) is 0.762. The van der Waals surface area contributed by atoms with Crippen molar-refractivity contribution in [3.8, 4) is 0 Å². The van der Waals surface area contributed by atoms with Crippen molar-refractivity contribution in [1.82, 2.24) is 0 Å². The molecule has 4 aliphatic carbocycles. The minimum absolute atomic E-state index is 0.0645. The highest BCUT2D eigenvalue weighted by Gasteiger charge is 2.63. The van der Waals surface area contributed by atoms with E-state index in [-0.39, 0.29) is 22.9 Å². The van der Waals surface area contributed by atoms with Gasteiger partial charge in [-0.2, -0.15) is 0 Å². The number of hydrogen-bond donors (Lipinski definition) is 3. The first-order chi connectivity index (χ1) is 10.7. The smallest absolute Gasteiger partial charge is 0.0757 e. The van der Waals surface area contributed by atoms with Crippen LogP contribution in [0.4, 0.5) is 0 Å². The van der Waals surface area contributed by atoms with Gasteiger partial charge in [-0.25, -0.2) is 0 Å². The lowest BCUT2D eigenvalue weighted by atomic mass is 9.46. The summed E-state index contributed by atoms with van der Waals surface area (Å²) in [5, 5.41) is 31.9. The predicted octanol–water partition coefficient (Wildman–Crippen LogP) is 3.03. The van der Waals surface area contributed by atoms with Gasteiger partial charge in [-0.1, -0.05) is 25.5 Å². The Morgan fingerprint density at radius 3 is 2.39 bits per heavy atom. The highest BCUT2D eigenvalue weighted by Crippen LogP contribution is 2.66. The first kappa shape index (κ1) is 16.1. The van der Waals surface area contributed by atoms with Gasteiger partial charge in [-0.3, -0.25) is 0 Å². The van der Waals surface area contributed by atoms with Gasteiger partial charge in [0, 0.05) is 0 Å². The quantitative estimate of drug-likeness (QED) is 0.601. The Morgan fingerprint density at radius 1 is 0.957 bits per heavy atom. The summed E-state index contributed by atoms with van der Waals surface area (Å²) in [7, 11) is 0. The van der Waals surface area contributed by atoms with E-state index in [9.17, 15) is 15.3 Å². The molecule has 0 bridgehead atoms. The maximum Gasteiger partial charge on any atom is 0.0757 e. The molecule has 0 heterocycles. The van der Waals surface area contributed by atoms with Crippen LogP contribution in [0.3, 0.4) is 0 Å². The fourth-order valence-electron chi connectivity index (χ4n) is 6.87. The highest BCUT2D eigenvalue weighted by atomic mass is 16.3. The van der Waals surface area contributed by atoms with Crippen molar-refractivity contribution in [1.29, 1.82) is 0 Å². The Hall–Kier alpha value is -0.380. The van der Waals surface area contributed by atoms with Gasteiger partial charge < -0.3 is 15.3 Å².